The summed E-state index contributed by atoms with van der Waals surface area (Å²) in [5, 5.41) is 9.72. The van der Waals surface area contributed by atoms with Gasteiger partial charge in [0.05, 0.1) is 10.8 Å². The van der Waals surface area contributed by atoms with Gasteiger partial charge in [0.15, 0.2) is 0 Å². The van der Waals surface area contributed by atoms with E-state index in [9.17, 15) is 0 Å². The van der Waals surface area contributed by atoms with E-state index < -0.39 is 0 Å². The molecule has 4 aromatic rings. The van der Waals surface area contributed by atoms with Crippen molar-refractivity contribution in [3.05, 3.63) is 66.7 Å². The topological polar surface area (TPSA) is 12.4 Å². The van der Waals surface area contributed by atoms with E-state index in [1.54, 1.807) is 0 Å². The summed E-state index contributed by atoms with van der Waals surface area (Å²) in [6.07, 6.45) is 0. The van der Waals surface area contributed by atoms with Crippen LogP contribution in [0, 0.1) is 0 Å². The molecule has 0 aliphatic heterocycles. The van der Waals surface area contributed by atoms with Gasteiger partial charge in [-0.3, -0.25) is 0 Å². The van der Waals surface area contributed by atoms with Crippen LogP contribution in [0.5, 0.6) is 0 Å². The van der Waals surface area contributed by atoms with Crippen molar-refractivity contribution in [3.63, 3.8) is 0 Å². The average Bonchev–Trinajstić information content (AvgIpc) is 2.55. The summed E-state index contributed by atoms with van der Waals surface area (Å²) < 4.78 is 0. The Morgan fingerprint density at radius 1 is 0.667 bits per heavy atom. The first-order chi connectivity index (χ1) is 10.4. The van der Waals surface area contributed by atoms with Gasteiger partial charge in [0.2, 0.25) is 0 Å². The number of thiocarbonyl (C=S) groups is 1. The number of nitrogens with zero attached hydrogens (tertiary/aromatic N) is 1. The Hall–Kier alpha value is -2.54. The van der Waals surface area contributed by atoms with Crippen LogP contribution in [-0.2, 0) is 0 Å². The number of isothiocyanates is 1. The van der Waals surface area contributed by atoms with Gasteiger partial charge in [-0.15, -0.1) is 0 Å². The third kappa shape index (κ3) is 1.85. The zero-order chi connectivity index (χ0) is 14.2. The molecule has 0 atom stereocenters. The van der Waals surface area contributed by atoms with Crippen LogP contribution in [0.15, 0.2) is 71.7 Å². The minimum atomic E-state index is 0.879. The van der Waals surface area contributed by atoms with Crippen molar-refractivity contribution in [1.82, 2.24) is 0 Å². The second-order valence-electron chi connectivity index (χ2n) is 5.03. The van der Waals surface area contributed by atoms with Crippen molar-refractivity contribution in [3.8, 4) is 0 Å². The molecule has 0 saturated carbocycles. The number of hydrogen-bond donors (Lipinski definition) is 0. The van der Waals surface area contributed by atoms with Crippen LogP contribution in [0.3, 0.4) is 0 Å². The van der Waals surface area contributed by atoms with Crippen molar-refractivity contribution in [2.24, 2.45) is 4.99 Å². The Labute approximate surface area is 127 Å². The quantitative estimate of drug-likeness (QED) is 0.242. The standard InChI is InChI=1S/C19H11NS/c21-12-20-19-11-18-14-6-2-1-5-13(14)9-10-16(18)15-7-3-4-8-17(15)19/h1-11H. The van der Waals surface area contributed by atoms with E-state index in [0.29, 0.717) is 0 Å². The molecule has 4 aromatic carbocycles. The van der Waals surface area contributed by atoms with Gasteiger partial charge in [0.25, 0.3) is 0 Å². The largest absolute Gasteiger partial charge is 0.194 e. The lowest BCUT2D eigenvalue weighted by Gasteiger charge is -2.09. The monoisotopic (exact) mass is 285 g/mol. The first-order valence-corrected chi connectivity index (χ1v) is 7.20. The molecule has 0 aliphatic rings. The van der Waals surface area contributed by atoms with Gasteiger partial charge in [-0.25, -0.2) is 0 Å². The highest BCUT2D eigenvalue weighted by Gasteiger charge is 2.08. The molecule has 0 radical (unpaired) electrons. The molecule has 4 rings (SSSR count). The summed E-state index contributed by atoms with van der Waals surface area (Å²) in [5.74, 6) is 0. The maximum atomic E-state index is 4.80. The van der Waals surface area contributed by atoms with Gasteiger partial charge >= 0.3 is 0 Å². The van der Waals surface area contributed by atoms with Crippen molar-refractivity contribution in [1.29, 1.82) is 0 Å². The summed E-state index contributed by atoms with van der Waals surface area (Å²) in [6.45, 7) is 0. The molecule has 0 spiro atoms. The van der Waals surface area contributed by atoms with Crippen LogP contribution in [0.4, 0.5) is 5.69 Å². The number of fused-ring (bicyclic) bond motifs is 5. The van der Waals surface area contributed by atoms with E-state index in [-0.39, 0.29) is 0 Å². The lowest BCUT2D eigenvalue weighted by Crippen LogP contribution is -1.81. The van der Waals surface area contributed by atoms with Crippen LogP contribution in [0.2, 0.25) is 0 Å². The first-order valence-electron chi connectivity index (χ1n) is 6.79. The van der Waals surface area contributed by atoms with E-state index >= 15 is 0 Å². The predicted octanol–water partition coefficient (Wildman–Crippen LogP) is 5.88. The van der Waals surface area contributed by atoms with E-state index in [2.05, 4.69) is 70.8 Å². The molecule has 0 saturated heterocycles. The molecule has 0 aromatic heterocycles. The van der Waals surface area contributed by atoms with Crippen LogP contribution in [0.25, 0.3) is 32.3 Å². The van der Waals surface area contributed by atoms with Gasteiger partial charge in [-0.1, -0.05) is 60.7 Å². The molecule has 0 heterocycles. The van der Waals surface area contributed by atoms with E-state index in [4.69, 9.17) is 12.2 Å². The predicted molar refractivity (Wildman–Crippen MR) is 93.6 cm³/mol. The molecule has 0 aliphatic carbocycles. The van der Waals surface area contributed by atoms with Crippen molar-refractivity contribution in [2.45, 2.75) is 0 Å². The Morgan fingerprint density at radius 3 is 2.14 bits per heavy atom. The molecule has 0 bridgehead atoms. The van der Waals surface area contributed by atoms with E-state index in [1.807, 2.05) is 6.07 Å². The van der Waals surface area contributed by atoms with E-state index in [1.165, 1.54) is 26.9 Å². The second kappa shape index (κ2) is 4.78. The van der Waals surface area contributed by atoms with Gasteiger partial charge in [-0.2, -0.15) is 4.99 Å². The fourth-order valence-electron chi connectivity index (χ4n) is 2.98. The molecule has 98 valence electrons. The Morgan fingerprint density at radius 2 is 1.33 bits per heavy atom. The lowest BCUT2D eigenvalue weighted by molar-refractivity contribution is 1.62. The molecule has 21 heavy (non-hydrogen) atoms. The molecule has 0 unspecified atom stereocenters. The van der Waals surface area contributed by atoms with Gasteiger partial charge in [0.1, 0.15) is 0 Å². The maximum absolute atomic E-state index is 4.80. The molecular weight excluding hydrogens is 274 g/mol. The molecular formula is C19H11NS. The highest BCUT2D eigenvalue weighted by atomic mass is 32.1. The van der Waals surface area contributed by atoms with Gasteiger partial charge < -0.3 is 0 Å². The van der Waals surface area contributed by atoms with Crippen molar-refractivity contribution < 1.29 is 0 Å². The van der Waals surface area contributed by atoms with Crippen LogP contribution in [-0.4, -0.2) is 5.16 Å². The Balaban J connectivity index is 2.32. The highest BCUT2D eigenvalue weighted by Crippen LogP contribution is 2.36. The molecule has 1 nitrogen and oxygen atoms in total. The summed E-state index contributed by atoms with van der Waals surface area (Å²) in [5.41, 5.74) is 0.879. The minimum absolute atomic E-state index is 0.879. The van der Waals surface area contributed by atoms with Crippen molar-refractivity contribution >= 4 is 55.4 Å². The molecule has 0 amide bonds. The van der Waals surface area contributed by atoms with E-state index in [0.717, 1.165) is 11.1 Å². The molecule has 0 N–H and O–H groups in total. The van der Waals surface area contributed by atoms with Crippen molar-refractivity contribution in [2.75, 3.05) is 0 Å². The average molecular weight is 285 g/mol. The Bertz CT molecular complexity index is 1040. The Kier molecular flexibility index (Phi) is 2.78. The third-order valence-corrected chi connectivity index (χ3v) is 4.00. The normalized spacial score (nSPS) is 10.9. The van der Waals surface area contributed by atoms with Gasteiger partial charge in [-0.05, 0) is 45.2 Å². The summed E-state index contributed by atoms with van der Waals surface area (Å²) >= 11 is 4.80. The number of aliphatic imine (C=N–C) groups is 1. The lowest BCUT2D eigenvalue weighted by atomic mass is 9.96. The summed E-state index contributed by atoms with van der Waals surface area (Å²) in [4.78, 5) is 4.26. The minimum Gasteiger partial charge on any atom is -0.194 e. The highest BCUT2D eigenvalue weighted by molar-refractivity contribution is 7.78. The maximum Gasteiger partial charge on any atom is 0.0824 e. The smallest absolute Gasteiger partial charge is 0.0824 e. The summed E-state index contributed by atoms with van der Waals surface area (Å²) in [7, 11) is 0. The third-order valence-electron chi connectivity index (χ3n) is 3.91. The molecule has 2 heteroatoms. The fourth-order valence-corrected chi connectivity index (χ4v) is 3.08. The SMILES string of the molecule is S=C=Nc1cc2c3ccccc3ccc2c2ccccc12. The first kappa shape index (κ1) is 12.2. The fraction of sp³-hybridized carbons (Fsp3) is 0. The number of rotatable bonds is 1. The zero-order valence-corrected chi connectivity index (χ0v) is 12.0. The molecule has 0 fully saturated rings. The van der Waals surface area contributed by atoms with Crippen LogP contribution in [0.1, 0.15) is 0 Å². The number of hydrogen-bond acceptors (Lipinski definition) is 2. The summed E-state index contributed by atoms with van der Waals surface area (Å²) in [6, 6.07) is 23.2. The van der Waals surface area contributed by atoms with Crippen LogP contribution >= 0.6 is 12.2 Å². The number of benzene rings is 4. The zero-order valence-electron chi connectivity index (χ0n) is 11.2. The second-order valence-corrected chi connectivity index (χ2v) is 5.21. The van der Waals surface area contributed by atoms with Crippen LogP contribution < -0.4 is 0 Å². The van der Waals surface area contributed by atoms with Gasteiger partial charge in [0, 0.05) is 5.39 Å².